The fourth-order valence-electron chi connectivity index (χ4n) is 4.41. The summed E-state index contributed by atoms with van der Waals surface area (Å²) in [5.74, 6) is 2.22. The fraction of sp³-hybridized carbons (Fsp3) is 0.682. The molecule has 0 unspecified atom stereocenters. The predicted molar refractivity (Wildman–Crippen MR) is 117 cm³/mol. The molecule has 7 heteroatoms. The number of hydrogen-bond acceptors (Lipinski definition) is 5. The Balaban J connectivity index is 1.76. The first-order valence-electron chi connectivity index (χ1n) is 10.8. The molecule has 1 aliphatic carbocycles. The number of aliphatic imine (C=N–C) groups is 1. The third-order valence-corrected chi connectivity index (χ3v) is 5.99. The molecular weight excluding hydrogens is 368 g/mol. The van der Waals surface area contributed by atoms with E-state index < -0.39 is 0 Å². The lowest BCUT2D eigenvalue weighted by Crippen LogP contribution is -2.56. The zero-order valence-corrected chi connectivity index (χ0v) is 18.1. The first-order chi connectivity index (χ1) is 14.2. The minimum Gasteiger partial charge on any atom is -0.493 e. The SMILES string of the molecule is CCNC(=NCC1(N2CCOCC2)CCCCC1)Nc1ccc(OC)c(OC)c1. The molecule has 29 heavy (non-hydrogen) atoms. The van der Waals surface area contributed by atoms with Gasteiger partial charge in [-0.15, -0.1) is 0 Å². The topological polar surface area (TPSA) is 67.4 Å². The summed E-state index contributed by atoms with van der Waals surface area (Å²) in [6, 6.07) is 5.82. The summed E-state index contributed by atoms with van der Waals surface area (Å²) in [6.07, 6.45) is 6.33. The number of morpholine rings is 1. The van der Waals surface area contributed by atoms with E-state index in [2.05, 4.69) is 22.5 Å². The van der Waals surface area contributed by atoms with Crippen LogP contribution in [-0.2, 0) is 4.74 Å². The van der Waals surface area contributed by atoms with Crippen LogP contribution in [0.25, 0.3) is 0 Å². The highest BCUT2D eigenvalue weighted by molar-refractivity contribution is 5.94. The van der Waals surface area contributed by atoms with Crippen molar-refractivity contribution < 1.29 is 14.2 Å². The van der Waals surface area contributed by atoms with Crippen LogP contribution in [0.1, 0.15) is 39.0 Å². The Morgan fingerprint density at radius 3 is 2.48 bits per heavy atom. The van der Waals surface area contributed by atoms with Crippen LogP contribution in [0, 0.1) is 0 Å². The average Bonchev–Trinajstić information content (AvgIpc) is 2.78. The van der Waals surface area contributed by atoms with Crippen LogP contribution in [0.2, 0.25) is 0 Å². The summed E-state index contributed by atoms with van der Waals surface area (Å²) in [5.41, 5.74) is 1.08. The molecule has 0 atom stereocenters. The lowest BCUT2D eigenvalue weighted by Gasteiger charge is -2.47. The number of ether oxygens (including phenoxy) is 3. The van der Waals surface area contributed by atoms with Crippen molar-refractivity contribution in [3.05, 3.63) is 18.2 Å². The quantitative estimate of drug-likeness (QED) is 0.538. The Kier molecular flexibility index (Phi) is 8.00. The van der Waals surface area contributed by atoms with Crippen molar-refractivity contribution in [2.45, 2.75) is 44.6 Å². The van der Waals surface area contributed by atoms with Gasteiger partial charge in [0.25, 0.3) is 0 Å². The van der Waals surface area contributed by atoms with Crippen LogP contribution in [0.3, 0.4) is 0 Å². The highest BCUT2D eigenvalue weighted by atomic mass is 16.5. The second-order valence-electron chi connectivity index (χ2n) is 7.77. The number of nitrogens with zero attached hydrogens (tertiary/aromatic N) is 2. The number of hydrogen-bond donors (Lipinski definition) is 2. The fourth-order valence-corrected chi connectivity index (χ4v) is 4.41. The largest absolute Gasteiger partial charge is 0.493 e. The molecule has 1 aliphatic heterocycles. The smallest absolute Gasteiger partial charge is 0.195 e. The molecule has 2 aliphatic rings. The van der Waals surface area contributed by atoms with Crippen molar-refractivity contribution in [1.82, 2.24) is 10.2 Å². The Bertz CT molecular complexity index is 668. The van der Waals surface area contributed by atoms with Gasteiger partial charge in [-0.1, -0.05) is 19.3 Å². The van der Waals surface area contributed by atoms with Gasteiger partial charge < -0.3 is 24.8 Å². The summed E-state index contributed by atoms with van der Waals surface area (Å²) < 4.78 is 16.4. The third-order valence-electron chi connectivity index (χ3n) is 5.99. The molecule has 1 aromatic rings. The van der Waals surface area contributed by atoms with Gasteiger partial charge in [0, 0.05) is 36.9 Å². The Morgan fingerprint density at radius 2 is 1.83 bits per heavy atom. The molecule has 1 aromatic carbocycles. The lowest BCUT2D eigenvalue weighted by atomic mass is 9.80. The average molecular weight is 405 g/mol. The van der Waals surface area contributed by atoms with E-state index in [4.69, 9.17) is 19.2 Å². The van der Waals surface area contributed by atoms with Crippen molar-refractivity contribution in [3.63, 3.8) is 0 Å². The molecule has 2 N–H and O–H groups in total. The second-order valence-corrected chi connectivity index (χ2v) is 7.77. The van der Waals surface area contributed by atoms with Crippen LogP contribution in [0.5, 0.6) is 11.5 Å². The Hall–Kier alpha value is -1.99. The molecule has 7 nitrogen and oxygen atoms in total. The van der Waals surface area contributed by atoms with Gasteiger partial charge in [0.15, 0.2) is 17.5 Å². The lowest BCUT2D eigenvalue weighted by molar-refractivity contribution is -0.0333. The minimum absolute atomic E-state index is 0.155. The molecule has 0 bridgehead atoms. The van der Waals surface area contributed by atoms with Gasteiger partial charge in [0.2, 0.25) is 0 Å². The maximum Gasteiger partial charge on any atom is 0.195 e. The normalized spacial score (nSPS) is 20.2. The molecule has 1 heterocycles. The third kappa shape index (κ3) is 5.54. The van der Waals surface area contributed by atoms with Gasteiger partial charge in [0.05, 0.1) is 34.0 Å². The van der Waals surface area contributed by atoms with Crippen molar-refractivity contribution in [3.8, 4) is 11.5 Å². The van der Waals surface area contributed by atoms with Crippen LogP contribution in [-0.4, -0.2) is 70.0 Å². The number of nitrogens with one attached hydrogen (secondary N) is 2. The maximum atomic E-state index is 5.60. The number of methoxy groups -OCH3 is 2. The molecule has 0 spiro atoms. The van der Waals surface area contributed by atoms with Crippen LogP contribution < -0.4 is 20.1 Å². The molecule has 2 fully saturated rings. The molecule has 1 saturated heterocycles. The van der Waals surface area contributed by atoms with E-state index in [1.54, 1.807) is 14.2 Å². The first-order valence-corrected chi connectivity index (χ1v) is 10.8. The van der Waals surface area contributed by atoms with E-state index in [9.17, 15) is 0 Å². The monoisotopic (exact) mass is 404 g/mol. The highest BCUT2D eigenvalue weighted by Gasteiger charge is 2.38. The van der Waals surface area contributed by atoms with Crippen LogP contribution >= 0.6 is 0 Å². The van der Waals surface area contributed by atoms with E-state index in [0.717, 1.165) is 51.0 Å². The molecule has 0 radical (unpaired) electrons. The Morgan fingerprint density at radius 1 is 1.10 bits per heavy atom. The summed E-state index contributed by atoms with van der Waals surface area (Å²) in [7, 11) is 3.29. The molecule has 162 valence electrons. The van der Waals surface area contributed by atoms with E-state index in [-0.39, 0.29) is 5.54 Å². The van der Waals surface area contributed by atoms with Gasteiger partial charge in [-0.3, -0.25) is 9.89 Å². The molecule has 1 saturated carbocycles. The number of anilines is 1. The van der Waals surface area contributed by atoms with E-state index >= 15 is 0 Å². The van der Waals surface area contributed by atoms with Gasteiger partial charge >= 0.3 is 0 Å². The summed E-state index contributed by atoms with van der Waals surface area (Å²) in [6.45, 7) is 7.37. The minimum atomic E-state index is 0.155. The van der Waals surface area contributed by atoms with Gasteiger partial charge in [-0.2, -0.15) is 0 Å². The van der Waals surface area contributed by atoms with E-state index in [0.29, 0.717) is 11.5 Å². The van der Waals surface area contributed by atoms with Crippen molar-refractivity contribution in [2.75, 3.05) is 58.9 Å². The highest BCUT2D eigenvalue weighted by Crippen LogP contribution is 2.35. The van der Waals surface area contributed by atoms with Crippen molar-refractivity contribution >= 4 is 11.6 Å². The Labute approximate surface area is 174 Å². The zero-order chi connectivity index (χ0) is 20.5. The molecule has 3 rings (SSSR count). The van der Waals surface area contributed by atoms with Gasteiger partial charge in [0.1, 0.15) is 0 Å². The van der Waals surface area contributed by atoms with Gasteiger partial charge in [-0.05, 0) is 31.9 Å². The molecule has 0 aromatic heterocycles. The number of rotatable bonds is 7. The predicted octanol–water partition coefficient (Wildman–Crippen LogP) is 3.12. The second kappa shape index (κ2) is 10.7. The van der Waals surface area contributed by atoms with Crippen molar-refractivity contribution in [2.24, 2.45) is 4.99 Å². The van der Waals surface area contributed by atoms with E-state index in [1.165, 1.54) is 32.1 Å². The molecular formula is C22H36N4O3. The first kappa shape index (κ1) is 21.7. The summed E-state index contributed by atoms with van der Waals surface area (Å²) in [4.78, 5) is 7.64. The standard InChI is InChI=1S/C22H36N4O3/c1-4-23-21(25-18-8-9-19(27-2)20(16-18)28-3)24-17-22(10-6-5-7-11-22)26-12-14-29-15-13-26/h8-9,16H,4-7,10-15,17H2,1-3H3,(H2,23,24,25). The van der Waals surface area contributed by atoms with Crippen LogP contribution in [0.15, 0.2) is 23.2 Å². The van der Waals surface area contributed by atoms with Crippen LogP contribution in [0.4, 0.5) is 5.69 Å². The zero-order valence-electron chi connectivity index (χ0n) is 18.1. The maximum absolute atomic E-state index is 5.60. The van der Waals surface area contributed by atoms with E-state index in [1.807, 2.05) is 18.2 Å². The number of guanidine groups is 1. The van der Waals surface area contributed by atoms with Crippen molar-refractivity contribution in [1.29, 1.82) is 0 Å². The summed E-state index contributed by atoms with van der Waals surface area (Å²) >= 11 is 0. The number of benzene rings is 1. The van der Waals surface area contributed by atoms with Gasteiger partial charge in [-0.25, -0.2) is 0 Å². The molecule has 0 amide bonds. The summed E-state index contributed by atoms with van der Waals surface area (Å²) in [5, 5.41) is 6.81.